The highest BCUT2D eigenvalue weighted by molar-refractivity contribution is 5.75. The average Bonchev–Trinajstić information content (AvgIpc) is 3.31. The van der Waals surface area contributed by atoms with Crippen molar-refractivity contribution in [2.24, 2.45) is 46.3 Å². The minimum Gasteiger partial charge on any atom is -0.480 e. The van der Waals surface area contributed by atoms with E-state index >= 15 is 0 Å². The number of nitrogens with zero attached hydrogens (tertiary/aromatic N) is 2. The van der Waals surface area contributed by atoms with Crippen LogP contribution in [0.5, 0.6) is 0 Å². The molecule has 0 heterocycles. The van der Waals surface area contributed by atoms with Gasteiger partial charge in [-0.2, -0.15) is 0 Å². The number of carboxylic acid groups (broad SMARTS) is 3. The van der Waals surface area contributed by atoms with Gasteiger partial charge in [0.2, 0.25) is 5.91 Å². The normalized spacial score (nSPS) is 36.0. The maximum Gasteiger partial charge on any atom is 0.317 e. The van der Waals surface area contributed by atoms with Gasteiger partial charge < -0.3 is 30.8 Å². The van der Waals surface area contributed by atoms with Crippen LogP contribution in [-0.2, 0) is 19.2 Å². The molecule has 0 aromatic heterocycles. The summed E-state index contributed by atoms with van der Waals surface area (Å²) in [6.45, 7) is 6.58. The molecule has 4 aliphatic rings. The highest BCUT2D eigenvalue weighted by atomic mass is 16.4. The third kappa shape index (κ3) is 8.41. The highest BCUT2D eigenvalue weighted by Gasteiger charge is 2.62. The lowest BCUT2D eigenvalue weighted by molar-refractivity contribution is -0.174. The summed E-state index contributed by atoms with van der Waals surface area (Å²) in [5, 5.41) is 52.1. The Morgan fingerprint density at radius 2 is 1.37 bits per heavy atom. The fourth-order valence-corrected chi connectivity index (χ4v) is 10.5. The maximum atomic E-state index is 12.8. The monoisotopic (exact) mass is 651 g/mol. The second-order valence-electron chi connectivity index (χ2n) is 15.5. The van der Waals surface area contributed by atoms with Crippen molar-refractivity contribution < 1.29 is 44.7 Å². The van der Waals surface area contributed by atoms with Crippen LogP contribution < -0.4 is 5.32 Å². The number of carboxylic acids is 3. The topological polar surface area (TPSA) is 188 Å². The first-order valence-corrected chi connectivity index (χ1v) is 17.4. The third-order valence-electron chi connectivity index (χ3n) is 12.8. The Morgan fingerprint density at radius 3 is 2.02 bits per heavy atom. The smallest absolute Gasteiger partial charge is 0.317 e. The van der Waals surface area contributed by atoms with Gasteiger partial charge in [-0.05, 0) is 104 Å². The first-order chi connectivity index (χ1) is 21.6. The molecule has 10 atom stereocenters. The minimum atomic E-state index is -1.16. The second-order valence-corrected chi connectivity index (χ2v) is 15.5. The highest BCUT2D eigenvalue weighted by Crippen LogP contribution is 2.68. The van der Waals surface area contributed by atoms with Crippen molar-refractivity contribution in [2.75, 3.05) is 45.8 Å². The summed E-state index contributed by atoms with van der Waals surface area (Å²) in [6, 6.07) is 0. The molecule has 0 aromatic carbocycles. The zero-order chi connectivity index (χ0) is 33.8. The second kappa shape index (κ2) is 15.3. The quantitative estimate of drug-likeness (QED) is 0.144. The molecule has 4 aliphatic carbocycles. The lowest BCUT2D eigenvalue weighted by atomic mass is 9.43. The van der Waals surface area contributed by atoms with Crippen molar-refractivity contribution in [1.82, 2.24) is 15.1 Å². The van der Waals surface area contributed by atoms with Crippen LogP contribution >= 0.6 is 0 Å². The van der Waals surface area contributed by atoms with Crippen LogP contribution in [-0.4, -0.2) is 117 Å². The zero-order valence-corrected chi connectivity index (χ0v) is 27.9. The lowest BCUT2D eigenvalue weighted by Crippen LogP contribution is -2.58. The summed E-state index contributed by atoms with van der Waals surface area (Å²) in [5.41, 5.74) is 0.338. The molecular formula is C34H57N3O9. The van der Waals surface area contributed by atoms with Crippen molar-refractivity contribution in [3.8, 4) is 0 Å². The first kappa shape index (κ1) is 36.6. The van der Waals surface area contributed by atoms with Gasteiger partial charge >= 0.3 is 17.9 Å². The Morgan fingerprint density at radius 1 is 0.783 bits per heavy atom. The fourth-order valence-electron chi connectivity index (χ4n) is 10.5. The number of nitrogens with one attached hydrogen (secondary N) is 1. The van der Waals surface area contributed by atoms with Gasteiger partial charge in [-0.1, -0.05) is 20.8 Å². The van der Waals surface area contributed by atoms with E-state index in [4.69, 9.17) is 10.2 Å². The number of hydrogen-bond donors (Lipinski definition) is 6. The summed E-state index contributed by atoms with van der Waals surface area (Å²) >= 11 is 0. The lowest BCUT2D eigenvalue weighted by Gasteiger charge is -2.62. The molecule has 46 heavy (non-hydrogen) atoms. The van der Waals surface area contributed by atoms with Crippen molar-refractivity contribution in [1.29, 1.82) is 0 Å². The SMILES string of the molecule is C[C@H](CCC(=O)NCCN(CCN(CC(=O)O)CC(=O)O)CC(=O)O)[C@H]1CC[C@H]2[C@@H]3[C@@H](O)C[C@@H]4C[C@H](O)CC[C@]4(C)[C@H]3CC[C@]12C. The zero-order valence-electron chi connectivity index (χ0n) is 27.9. The van der Waals surface area contributed by atoms with Gasteiger partial charge in [0.15, 0.2) is 0 Å². The molecule has 0 radical (unpaired) electrons. The van der Waals surface area contributed by atoms with E-state index in [0.717, 1.165) is 57.8 Å². The van der Waals surface area contributed by atoms with E-state index < -0.39 is 31.0 Å². The molecule has 4 saturated carbocycles. The number of aliphatic hydroxyl groups excluding tert-OH is 2. The number of aliphatic carboxylic acids is 3. The molecule has 0 saturated heterocycles. The molecule has 6 N–H and O–H groups in total. The van der Waals surface area contributed by atoms with Crippen LogP contribution in [0.3, 0.4) is 0 Å². The van der Waals surface area contributed by atoms with Crippen LogP contribution in [0.1, 0.15) is 85.0 Å². The largest absolute Gasteiger partial charge is 0.480 e. The maximum absolute atomic E-state index is 12.8. The molecule has 0 bridgehead atoms. The van der Waals surface area contributed by atoms with Gasteiger partial charge in [-0.25, -0.2) is 0 Å². The Balaban J connectivity index is 1.26. The van der Waals surface area contributed by atoms with Gasteiger partial charge in [0, 0.05) is 32.6 Å². The summed E-state index contributed by atoms with van der Waals surface area (Å²) < 4.78 is 0. The molecular weight excluding hydrogens is 594 g/mol. The summed E-state index contributed by atoms with van der Waals surface area (Å²) in [7, 11) is 0. The number of hydrogen-bond acceptors (Lipinski definition) is 8. The fraction of sp³-hybridized carbons (Fsp3) is 0.882. The molecule has 1 amide bonds. The van der Waals surface area contributed by atoms with Crippen LogP contribution in [0.2, 0.25) is 0 Å². The molecule has 12 heteroatoms. The number of carbonyl (C=O) groups is 4. The molecule has 12 nitrogen and oxygen atoms in total. The van der Waals surface area contributed by atoms with Gasteiger partial charge in [-0.15, -0.1) is 0 Å². The average molecular weight is 652 g/mol. The molecule has 0 aliphatic heterocycles. The third-order valence-corrected chi connectivity index (χ3v) is 12.8. The summed E-state index contributed by atoms with van der Waals surface area (Å²) in [6.07, 6.45) is 8.62. The van der Waals surface area contributed by atoms with Crippen LogP contribution in [0.25, 0.3) is 0 Å². The predicted molar refractivity (Wildman–Crippen MR) is 170 cm³/mol. The number of fused-ring (bicyclic) bond motifs is 5. The van der Waals surface area contributed by atoms with E-state index in [-0.39, 0.29) is 61.7 Å². The Kier molecular flexibility index (Phi) is 12.2. The number of rotatable bonds is 16. The molecule has 0 aromatic rings. The standard InChI is InChI=1S/C34H57N3O9/c1-21(4-7-28(40)35-12-13-36(18-29(41)42)14-15-37(19-30(43)44)20-31(45)46)24-5-6-25-32-26(9-11-34(24,25)3)33(2)10-8-23(38)16-22(33)17-27(32)39/h21-27,32,38-39H,4-20H2,1-3H3,(H,35,40)(H,41,42)(H,43,44)(H,45,46)/t21-,22+,23-,24-,25+,26+,27+,32+,33+,34-/m1/s1. The van der Waals surface area contributed by atoms with Gasteiger partial charge in [0.05, 0.1) is 31.8 Å². The number of amides is 1. The van der Waals surface area contributed by atoms with E-state index in [9.17, 15) is 34.5 Å². The van der Waals surface area contributed by atoms with E-state index in [1.165, 1.54) is 4.90 Å². The van der Waals surface area contributed by atoms with E-state index in [2.05, 4.69) is 26.1 Å². The van der Waals surface area contributed by atoms with Gasteiger partial charge in [-0.3, -0.25) is 29.0 Å². The predicted octanol–water partition coefficient (Wildman–Crippen LogP) is 2.37. The Bertz CT molecular complexity index is 1090. The molecule has 0 spiro atoms. The van der Waals surface area contributed by atoms with E-state index in [1.807, 2.05) is 0 Å². The van der Waals surface area contributed by atoms with E-state index in [1.54, 1.807) is 4.90 Å². The van der Waals surface area contributed by atoms with Gasteiger partial charge in [0.25, 0.3) is 0 Å². The molecule has 262 valence electrons. The number of carbonyl (C=O) groups excluding carboxylic acids is 1. The first-order valence-electron chi connectivity index (χ1n) is 17.4. The van der Waals surface area contributed by atoms with Crippen molar-refractivity contribution in [2.45, 2.75) is 97.2 Å². The van der Waals surface area contributed by atoms with Crippen molar-refractivity contribution >= 4 is 23.8 Å². The number of aliphatic hydroxyl groups is 2. The van der Waals surface area contributed by atoms with Crippen molar-refractivity contribution in [3.63, 3.8) is 0 Å². The van der Waals surface area contributed by atoms with Crippen LogP contribution in [0.4, 0.5) is 0 Å². The minimum absolute atomic E-state index is 0.0695. The Labute approximate surface area is 272 Å². The molecule has 4 rings (SSSR count). The van der Waals surface area contributed by atoms with Gasteiger partial charge in [0.1, 0.15) is 0 Å². The summed E-state index contributed by atoms with van der Waals surface area (Å²) in [4.78, 5) is 49.1. The molecule has 4 fully saturated rings. The van der Waals surface area contributed by atoms with Crippen LogP contribution in [0, 0.1) is 46.3 Å². The molecule has 0 unspecified atom stereocenters. The van der Waals surface area contributed by atoms with E-state index in [0.29, 0.717) is 41.9 Å². The van der Waals surface area contributed by atoms with Crippen LogP contribution in [0.15, 0.2) is 0 Å². The summed E-state index contributed by atoms with van der Waals surface area (Å²) in [5.74, 6) is -0.954. The van der Waals surface area contributed by atoms with Crippen molar-refractivity contribution in [3.05, 3.63) is 0 Å². The Hall–Kier alpha value is -2.28.